The molecule has 3 rings (SSSR count). The van der Waals surface area contributed by atoms with Crippen molar-refractivity contribution < 1.29 is 0 Å². The van der Waals surface area contributed by atoms with Crippen LogP contribution in [0, 0.1) is 5.92 Å². The van der Waals surface area contributed by atoms with Gasteiger partial charge in [0.1, 0.15) is 0 Å². The van der Waals surface area contributed by atoms with Crippen molar-refractivity contribution in [2.24, 2.45) is 5.92 Å². The molecule has 2 heterocycles. The summed E-state index contributed by atoms with van der Waals surface area (Å²) in [6, 6.07) is 8.48. The van der Waals surface area contributed by atoms with Gasteiger partial charge in [0.05, 0.1) is 0 Å². The summed E-state index contributed by atoms with van der Waals surface area (Å²) in [7, 11) is 0. The van der Waals surface area contributed by atoms with Crippen LogP contribution in [0.1, 0.15) is 11.3 Å². The van der Waals surface area contributed by atoms with Crippen molar-refractivity contribution >= 4 is 17.0 Å². The monoisotopic (exact) mass is 275 g/mol. The number of hydrogen-bond donors (Lipinski definition) is 3. The normalized spacial score (nSPS) is 17.8. The largest absolute Gasteiger partial charge is 0.384 e. The molecule has 3 N–H and O–H groups in total. The topological polar surface area (TPSA) is 56.9 Å². The van der Waals surface area contributed by atoms with Gasteiger partial charge in [0.2, 0.25) is 0 Å². The molecular formula is C14H17N3OS. The zero-order valence-corrected chi connectivity index (χ0v) is 11.4. The fraction of sp³-hybridized carbons (Fsp3) is 0.357. The van der Waals surface area contributed by atoms with Crippen molar-refractivity contribution in [3.8, 4) is 0 Å². The van der Waals surface area contributed by atoms with Gasteiger partial charge in [0.25, 0.3) is 0 Å². The number of aromatic amines is 1. The van der Waals surface area contributed by atoms with Crippen LogP contribution in [0.2, 0.25) is 0 Å². The van der Waals surface area contributed by atoms with E-state index in [1.807, 2.05) is 5.38 Å². The van der Waals surface area contributed by atoms with E-state index in [2.05, 4.69) is 39.9 Å². The number of para-hydroxylation sites is 1. The molecule has 1 atom stereocenters. The third-order valence-electron chi connectivity index (χ3n) is 3.43. The Morgan fingerprint density at radius 3 is 3.11 bits per heavy atom. The summed E-state index contributed by atoms with van der Waals surface area (Å²) < 4.78 is 0. The quantitative estimate of drug-likeness (QED) is 0.797. The molecule has 19 heavy (non-hydrogen) atoms. The molecule has 0 spiro atoms. The van der Waals surface area contributed by atoms with Gasteiger partial charge in [0.15, 0.2) is 0 Å². The Morgan fingerprint density at radius 1 is 1.37 bits per heavy atom. The summed E-state index contributed by atoms with van der Waals surface area (Å²) in [4.78, 5) is 13.9. The number of hydrogen-bond acceptors (Lipinski definition) is 4. The van der Waals surface area contributed by atoms with Gasteiger partial charge in [-0.3, -0.25) is 4.79 Å². The second kappa shape index (κ2) is 5.59. The highest BCUT2D eigenvalue weighted by atomic mass is 32.1. The Bertz CT molecular complexity index is 604. The molecule has 1 aromatic heterocycles. The Labute approximate surface area is 115 Å². The summed E-state index contributed by atoms with van der Waals surface area (Å²) in [5.41, 5.74) is 3.63. The lowest BCUT2D eigenvalue weighted by Gasteiger charge is -2.26. The maximum atomic E-state index is 11.0. The number of fused-ring (bicyclic) bond motifs is 1. The average Bonchev–Trinajstić information content (AvgIpc) is 2.84. The summed E-state index contributed by atoms with van der Waals surface area (Å²) >= 11 is 1.22. The smallest absolute Gasteiger partial charge is 0.304 e. The van der Waals surface area contributed by atoms with Gasteiger partial charge in [-0.25, -0.2) is 0 Å². The lowest BCUT2D eigenvalue weighted by molar-refractivity contribution is 0.481. The van der Waals surface area contributed by atoms with Crippen molar-refractivity contribution in [1.29, 1.82) is 0 Å². The minimum atomic E-state index is 0.0186. The van der Waals surface area contributed by atoms with E-state index in [1.165, 1.54) is 22.6 Å². The van der Waals surface area contributed by atoms with Gasteiger partial charge in [-0.1, -0.05) is 29.5 Å². The molecule has 5 heteroatoms. The van der Waals surface area contributed by atoms with Crippen molar-refractivity contribution in [2.75, 3.05) is 18.4 Å². The van der Waals surface area contributed by atoms with E-state index in [4.69, 9.17) is 0 Å². The van der Waals surface area contributed by atoms with Crippen LogP contribution in [0.15, 0.2) is 34.4 Å². The fourth-order valence-electron chi connectivity index (χ4n) is 2.46. The molecule has 0 saturated heterocycles. The van der Waals surface area contributed by atoms with Crippen LogP contribution >= 0.6 is 11.3 Å². The van der Waals surface area contributed by atoms with Crippen LogP contribution in [-0.2, 0) is 13.0 Å². The number of nitrogens with one attached hydrogen (secondary N) is 3. The second-order valence-electron chi connectivity index (χ2n) is 4.91. The van der Waals surface area contributed by atoms with Crippen LogP contribution in [-0.4, -0.2) is 18.1 Å². The average molecular weight is 275 g/mol. The third kappa shape index (κ3) is 3.05. The number of aromatic nitrogens is 1. The van der Waals surface area contributed by atoms with E-state index in [9.17, 15) is 4.79 Å². The van der Waals surface area contributed by atoms with E-state index in [1.54, 1.807) is 0 Å². The molecule has 1 aliphatic heterocycles. The molecule has 100 valence electrons. The second-order valence-corrected chi connectivity index (χ2v) is 5.75. The SMILES string of the molecule is O=c1[nH]c(CNCC2CNc3ccccc3C2)cs1. The number of anilines is 1. The molecule has 0 bridgehead atoms. The van der Waals surface area contributed by atoms with Crippen LogP contribution in [0.3, 0.4) is 0 Å². The first-order valence-corrected chi connectivity index (χ1v) is 7.38. The Balaban J connectivity index is 1.51. The minimum absolute atomic E-state index is 0.0186. The first-order valence-electron chi connectivity index (χ1n) is 6.50. The van der Waals surface area contributed by atoms with Crippen molar-refractivity contribution in [3.63, 3.8) is 0 Å². The molecule has 1 aliphatic rings. The number of H-pyrrole nitrogens is 1. The fourth-order valence-corrected chi connectivity index (χ4v) is 3.05. The lowest BCUT2D eigenvalue weighted by atomic mass is 9.94. The van der Waals surface area contributed by atoms with Gasteiger partial charge >= 0.3 is 4.87 Å². The van der Waals surface area contributed by atoms with Crippen molar-refractivity contribution in [1.82, 2.24) is 10.3 Å². The molecule has 0 aliphatic carbocycles. The summed E-state index contributed by atoms with van der Waals surface area (Å²) in [6.45, 7) is 2.69. The Morgan fingerprint density at radius 2 is 2.26 bits per heavy atom. The van der Waals surface area contributed by atoms with E-state index in [0.29, 0.717) is 5.92 Å². The number of thiazole rings is 1. The molecular weight excluding hydrogens is 258 g/mol. The predicted octanol–water partition coefficient (Wildman–Crippen LogP) is 1.81. The molecule has 1 aromatic carbocycles. The zero-order valence-electron chi connectivity index (χ0n) is 10.6. The molecule has 0 radical (unpaired) electrons. The number of benzene rings is 1. The van der Waals surface area contributed by atoms with Crippen molar-refractivity contribution in [3.05, 3.63) is 50.6 Å². The highest BCUT2D eigenvalue weighted by Crippen LogP contribution is 2.23. The molecule has 2 aromatic rings. The standard InChI is InChI=1S/C14H17N3OS/c18-14-17-12(9-19-14)8-15-6-10-5-11-3-1-2-4-13(11)16-7-10/h1-4,9-10,15-16H,5-8H2,(H,17,18). The van der Waals surface area contributed by atoms with Crippen molar-refractivity contribution in [2.45, 2.75) is 13.0 Å². The zero-order chi connectivity index (χ0) is 13.1. The van der Waals surface area contributed by atoms with E-state index < -0.39 is 0 Å². The van der Waals surface area contributed by atoms with Gasteiger partial charge in [-0.05, 0) is 24.0 Å². The maximum Gasteiger partial charge on any atom is 0.304 e. The van der Waals surface area contributed by atoms with E-state index in [-0.39, 0.29) is 4.87 Å². The lowest BCUT2D eigenvalue weighted by Crippen LogP contribution is -2.32. The van der Waals surface area contributed by atoms with Crippen LogP contribution in [0.4, 0.5) is 5.69 Å². The highest BCUT2D eigenvalue weighted by molar-refractivity contribution is 7.07. The van der Waals surface area contributed by atoms with Gasteiger partial charge in [0, 0.05) is 36.4 Å². The molecule has 1 unspecified atom stereocenters. The van der Waals surface area contributed by atoms with Gasteiger partial charge < -0.3 is 15.6 Å². The van der Waals surface area contributed by atoms with Gasteiger partial charge in [-0.2, -0.15) is 0 Å². The van der Waals surface area contributed by atoms with Crippen LogP contribution in [0.25, 0.3) is 0 Å². The first-order chi connectivity index (χ1) is 9.31. The van der Waals surface area contributed by atoms with E-state index in [0.717, 1.165) is 31.7 Å². The molecule has 0 amide bonds. The summed E-state index contributed by atoms with van der Waals surface area (Å²) in [6.07, 6.45) is 1.11. The highest BCUT2D eigenvalue weighted by Gasteiger charge is 2.17. The third-order valence-corrected chi connectivity index (χ3v) is 4.14. The summed E-state index contributed by atoms with van der Waals surface area (Å²) in [5, 5.41) is 8.76. The number of rotatable bonds is 4. The first kappa shape index (κ1) is 12.4. The Hall–Kier alpha value is -1.59. The van der Waals surface area contributed by atoms with Crippen LogP contribution in [0.5, 0.6) is 0 Å². The molecule has 4 nitrogen and oxygen atoms in total. The summed E-state index contributed by atoms with van der Waals surface area (Å²) in [5.74, 6) is 0.597. The minimum Gasteiger partial charge on any atom is -0.384 e. The van der Waals surface area contributed by atoms with Gasteiger partial charge in [-0.15, -0.1) is 0 Å². The molecule has 0 fully saturated rings. The molecule has 0 saturated carbocycles. The Kier molecular flexibility index (Phi) is 3.66. The van der Waals surface area contributed by atoms with Crippen LogP contribution < -0.4 is 15.5 Å². The predicted molar refractivity (Wildman–Crippen MR) is 78.8 cm³/mol. The van der Waals surface area contributed by atoms with E-state index >= 15 is 0 Å². The maximum absolute atomic E-state index is 11.0.